The van der Waals surface area contributed by atoms with Crippen LogP contribution in [0.1, 0.15) is 24.1 Å². The number of carboxylic acids is 1. The maximum Gasteiger partial charge on any atom is 0.352 e. The minimum atomic E-state index is -4.85. The number of thioether (sulfide) groups is 1. The van der Waals surface area contributed by atoms with Gasteiger partial charge in [0.25, 0.3) is 11.8 Å². The summed E-state index contributed by atoms with van der Waals surface area (Å²) in [6, 6.07) is 4.64. The number of hydrogen-bond donors (Lipinski definition) is 3. The summed E-state index contributed by atoms with van der Waals surface area (Å²) in [6.45, 7) is 1.96. The first-order valence-electron chi connectivity index (χ1n) is 10.9. The van der Waals surface area contributed by atoms with Gasteiger partial charge < -0.3 is 15.3 Å². The molecule has 2 aliphatic rings. The van der Waals surface area contributed by atoms with Crippen molar-refractivity contribution in [1.29, 1.82) is 0 Å². The molecule has 1 aromatic rings. The molecule has 0 saturated carbocycles. The SMILES string of the molecule is CC1=C(C(=O)O)N2C(=O)[C@@H](NC(=O)[C@@H](c3ccc(C)cc3)[NH+](CCF)CCS(=O)(=O)F)C2SC1.O=S=O. The molecule has 0 aromatic heterocycles. The zero-order valence-electron chi connectivity index (χ0n) is 19.8. The van der Waals surface area contributed by atoms with Crippen LogP contribution in [0.25, 0.3) is 0 Å². The molecule has 16 heteroatoms. The molecule has 37 heavy (non-hydrogen) atoms. The predicted octanol–water partition coefficient (Wildman–Crippen LogP) is -0.722. The standard InChI is InChI=1S/C21H25F2N3O6S2.O2S/c1-12-3-5-14(6-4-12)17(25(8-7-22)9-10-34(23,31)32)18(27)24-15-19(28)26-16(21(29)30)13(2)11-33-20(15)26;1-3-2/h3-6,15,17,20H,7-11H2,1-2H3,(H,24,27)(H,29,30);/p+1/t15-,17-,20?;/m1./s1. The van der Waals surface area contributed by atoms with Gasteiger partial charge in [-0.1, -0.05) is 29.8 Å². The molecule has 2 unspecified atom stereocenters. The van der Waals surface area contributed by atoms with Crippen molar-refractivity contribution in [2.75, 3.05) is 31.3 Å². The molecule has 11 nitrogen and oxygen atoms in total. The molecular formula is C21H26F2N3O8S3+. The number of aliphatic carboxylic acids is 1. The second-order valence-corrected chi connectivity index (χ2v) is 11.1. The number of halogens is 2. The number of nitrogens with zero attached hydrogens (tertiary/aromatic N) is 1. The summed E-state index contributed by atoms with van der Waals surface area (Å²) in [5, 5.41) is 11.5. The number of carboxylic acid groups (broad SMARTS) is 1. The lowest BCUT2D eigenvalue weighted by Gasteiger charge is -2.49. The summed E-state index contributed by atoms with van der Waals surface area (Å²) < 4.78 is 65.3. The Labute approximate surface area is 220 Å². The fourth-order valence-corrected chi connectivity index (χ4v) is 5.93. The molecule has 3 N–H and O–H groups in total. The summed E-state index contributed by atoms with van der Waals surface area (Å²) in [5.41, 5.74) is 1.78. The lowest BCUT2D eigenvalue weighted by atomic mass is 9.99. The zero-order valence-corrected chi connectivity index (χ0v) is 22.3. The van der Waals surface area contributed by atoms with Crippen molar-refractivity contribution in [3.05, 3.63) is 46.7 Å². The first-order valence-corrected chi connectivity index (χ1v) is 14.1. The maximum absolute atomic E-state index is 13.4. The maximum atomic E-state index is 13.4. The normalized spacial score (nSPS) is 20.5. The summed E-state index contributed by atoms with van der Waals surface area (Å²) in [4.78, 5) is 39.0. The van der Waals surface area contributed by atoms with Gasteiger partial charge in [-0.3, -0.25) is 14.5 Å². The number of hydrogen-bond acceptors (Lipinski definition) is 8. The minimum Gasteiger partial charge on any atom is -0.477 e. The number of β-lactam (4-membered cyclic amide) rings is 1. The van der Waals surface area contributed by atoms with Crippen LogP contribution in [0.15, 0.2) is 35.5 Å². The minimum absolute atomic E-state index is 0.104. The number of amides is 2. The number of nitrogens with one attached hydrogen (secondary N) is 2. The van der Waals surface area contributed by atoms with Gasteiger partial charge in [0.05, 0.1) is 6.54 Å². The number of benzene rings is 1. The molecule has 0 aliphatic carbocycles. The summed E-state index contributed by atoms with van der Waals surface area (Å²) in [6.07, 6.45) is 0. The largest absolute Gasteiger partial charge is 0.477 e. The molecule has 4 atom stereocenters. The summed E-state index contributed by atoms with van der Waals surface area (Å²) in [5.74, 6) is -2.99. The van der Waals surface area contributed by atoms with Crippen LogP contribution in [0.2, 0.25) is 0 Å². The van der Waals surface area contributed by atoms with Crippen molar-refractivity contribution < 1.29 is 49.5 Å². The first kappa shape index (κ1) is 30.5. The third-order valence-electron chi connectivity index (χ3n) is 5.82. The van der Waals surface area contributed by atoms with Crippen LogP contribution in [-0.2, 0) is 36.2 Å². The Morgan fingerprint density at radius 1 is 1.24 bits per heavy atom. The van der Waals surface area contributed by atoms with E-state index >= 15 is 0 Å². The molecule has 204 valence electrons. The second kappa shape index (κ2) is 13.2. The van der Waals surface area contributed by atoms with E-state index in [9.17, 15) is 36.2 Å². The van der Waals surface area contributed by atoms with Gasteiger partial charge in [-0.2, -0.15) is 16.8 Å². The highest BCUT2D eigenvalue weighted by atomic mass is 32.3. The Kier molecular flexibility index (Phi) is 10.9. The van der Waals surface area contributed by atoms with Gasteiger partial charge >= 0.3 is 27.8 Å². The van der Waals surface area contributed by atoms with Crippen LogP contribution >= 0.6 is 11.8 Å². The molecule has 0 spiro atoms. The number of quaternary nitrogens is 1. The van der Waals surface area contributed by atoms with E-state index in [1.807, 2.05) is 6.92 Å². The number of fused-ring (bicyclic) bond motifs is 1. The number of alkyl halides is 1. The van der Waals surface area contributed by atoms with E-state index < -0.39 is 69.5 Å². The highest BCUT2D eigenvalue weighted by molar-refractivity contribution is 8.00. The average molecular weight is 583 g/mol. The number of carbonyl (C=O) groups is 3. The van der Waals surface area contributed by atoms with Crippen molar-refractivity contribution in [2.24, 2.45) is 0 Å². The van der Waals surface area contributed by atoms with E-state index in [4.69, 9.17) is 8.42 Å². The summed E-state index contributed by atoms with van der Waals surface area (Å²) >= 11 is 0.561. The number of carbonyl (C=O) groups excluding carboxylic acids is 2. The Morgan fingerprint density at radius 3 is 2.35 bits per heavy atom. The van der Waals surface area contributed by atoms with Crippen molar-refractivity contribution in [3.63, 3.8) is 0 Å². The van der Waals surface area contributed by atoms with Gasteiger partial charge in [0.1, 0.15) is 36.1 Å². The van der Waals surface area contributed by atoms with Gasteiger partial charge in [-0.05, 0) is 19.4 Å². The van der Waals surface area contributed by atoms with Crippen molar-refractivity contribution in [3.8, 4) is 0 Å². The molecule has 0 radical (unpaired) electrons. The number of rotatable bonds is 10. The Balaban J connectivity index is 0.00000153. The van der Waals surface area contributed by atoms with Crippen LogP contribution in [0, 0.1) is 6.92 Å². The molecule has 3 rings (SSSR count). The molecule has 1 fully saturated rings. The fourth-order valence-electron chi connectivity index (χ4n) is 4.13. The molecule has 1 aromatic carbocycles. The smallest absolute Gasteiger partial charge is 0.352 e. The van der Waals surface area contributed by atoms with Crippen LogP contribution in [0.3, 0.4) is 0 Å². The quantitative estimate of drug-likeness (QED) is 0.239. The van der Waals surface area contributed by atoms with Crippen molar-refractivity contribution in [1.82, 2.24) is 10.2 Å². The van der Waals surface area contributed by atoms with E-state index in [2.05, 4.69) is 5.32 Å². The van der Waals surface area contributed by atoms with E-state index in [-0.39, 0.29) is 23.7 Å². The highest BCUT2D eigenvalue weighted by Crippen LogP contribution is 2.40. The van der Waals surface area contributed by atoms with E-state index in [0.29, 0.717) is 16.9 Å². The monoisotopic (exact) mass is 582 g/mol. The van der Waals surface area contributed by atoms with Gasteiger partial charge in [0.2, 0.25) is 0 Å². The first-order chi connectivity index (χ1) is 17.4. The van der Waals surface area contributed by atoms with Gasteiger partial charge in [0.15, 0.2) is 6.04 Å². The van der Waals surface area contributed by atoms with Crippen LogP contribution in [-0.4, -0.2) is 87.3 Å². The summed E-state index contributed by atoms with van der Waals surface area (Å²) in [7, 11) is -4.85. The lowest BCUT2D eigenvalue weighted by Crippen LogP contribution is -3.14. The molecule has 2 aliphatic heterocycles. The second-order valence-electron chi connectivity index (χ2n) is 8.33. The molecule has 1 saturated heterocycles. The van der Waals surface area contributed by atoms with Gasteiger partial charge in [0, 0.05) is 11.3 Å². The fraction of sp³-hybridized carbons (Fsp3) is 0.476. The molecular weight excluding hydrogens is 556 g/mol. The van der Waals surface area contributed by atoms with E-state index in [0.717, 1.165) is 10.5 Å². The van der Waals surface area contributed by atoms with Gasteiger partial charge in [-0.15, -0.1) is 15.6 Å². The predicted molar refractivity (Wildman–Crippen MR) is 130 cm³/mol. The van der Waals surface area contributed by atoms with Crippen LogP contribution < -0.4 is 10.2 Å². The Morgan fingerprint density at radius 2 is 1.84 bits per heavy atom. The topological polar surface area (TPSA) is 159 Å². The van der Waals surface area contributed by atoms with Crippen molar-refractivity contribution in [2.45, 2.75) is 31.3 Å². The van der Waals surface area contributed by atoms with Crippen molar-refractivity contribution >= 4 is 51.3 Å². The lowest BCUT2D eigenvalue weighted by molar-refractivity contribution is -0.919. The van der Waals surface area contributed by atoms with Gasteiger partial charge in [-0.25, -0.2) is 9.18 Å². The van der Waals surface area contributed by atoms with Crippen LogP contribution in [0.4, 0.5) is 8.28 Å². The number of aryl methyl sites for hydroxylation is 1. The third-order valence-corrected chi connectivity index (χ3v) is 7.94. The Bertz CT molecular complexity index is 1200. The molecule has 0 bridgehead atoms. The average Bonchev–Trinajstić information content (AvgIpc) is 2.82. The van der Waals surface area contributed by atoms with Crippen LogP contribution in [0.5, 0.6) is 0 Å². The molecule has 2 heterocycles. The highest BCUT2D eigenvalue weighted by Gasteiger charge is 2.54. The molecule has 2 amide bonds. The zero-order chi connectivity index (χ0) is 27.9. The van der Waals surface area contributed by atoms with E-state index in [1.54, 1.807) is 31.2 Å². The Hall–Kier alpha value is -2.69. The third kappa shape index (κ3) is 7.66. The van der Waals surface area contributed by atoms with E-state index in [1.165, 1.54) is 11.8 Å².